The van der Waals surface area contributed by atoms with Crippen molar-refractivity contribution in [1.29, 1.82) is 0 Å². The van der Waals surface area contributed by atoms with E-state index in [2.05, 4.69) is 10.6 Å². The number of rotatable bonds is 8. The van der Waals surface area contributed by atoms with Gasteiger partial charge in [-0.2, -0.15) is 0 Å². The van der Waals surface area contributed by atoms with Crippen LogP contribution in [-0.2, 0) is 16.0 Å². The molecule has 144 valence electrons. The zero-order valence-electron chi connectivity index (χ0n) is 15.9. The molecular weight excluding hydrogens is 352 g/mol. The average Bonchev–Trinajstić information content (AvgIpc) is 2.72. The van der Waals surface area contributed by atoms with E-state index in [0.717, 1.165) is 22.1 Å². The highest BCUT2D eigenvalue weighted by Crippen LogP contribution is 2.25. The van der Waals surface area contributed by atoms with Crippen LogP contribution in [0.15, 0.2) is 66.7 Å². The minimum Gasteiger partial charge on any atom is -0.493 e. The molecule has 3 aromatic carbocycles. The first kappa shape index (κ1) is 19.4. The van der Waals surface area contributed by atoms with Gasteiger partial charge in [-0.3, -0.25) is 9.59 Å². The van der Waals surface area contributed by atoms with Crippen molar-refractivity contribution >= 4 is 28.3 Å². The van der Waals surface area contributed by atoms with Gasteiger partial charge in [0.05, 0.1) is 13.0 Å². The van der Waals surface area contributed by atoms with Crippen molar-refractivity contribution in [3.8, 4) is 5.75 Å². The highest BCUT2D eigenvalue weighted by Gasteiger charge is 2.09. The number of hydrogen-bond donors (Lipinski definition) is 2. The molecule has 0 aliphatic rings. The molecule has 0 radical (unpaired) electrons. The molecule has 0 aliphatic carbocycles. The molecule has 3 rings (SSSR count). The summed E-state index contributed by atoms with van der Waals surface area (Å²) in [5.74, 6) is 0.644. The highest BCUT2D eigenvalue weighted by atomic mass is 16.5. The standard InChI is InChI=1S/C23H24N2O3/c1-24-23(27)16-18-9-3-5-12-20(18)25-22(26)14-7-15-28-21-13-6-10-17-8-2-4-11-19(17)21/h2-6,8-13H,7,14-16H2,1H3,(H,24,27)(H,25,26). The lowest BCUT2D eigenvalue weighted by molar-refractivity contribution is -0.120. The normalized spacial score (nSPS) is 10.5. The van der Waals surface area contributed by atoms with Gasteiger partial charge in [0, 0.05) is 24.5 Å². The number of anilines is 1. The Hall–Kier alpha value is -3.34. The van der Waals surface area contributed by atoms with E-state index in [1.165, 1.54) is 0 Å². The molecular formula is C23H24N2O3. The Labute approximate surface area is 164 Å². The van der Waals surface area contributed by atoms with E-state index in [9.17, 15) is 9.59 Å². The van der Waals surface area contributed by atoms with E-state index in [4.69, 9.17) is 4.74 Å². The Morgan fingerprint density at radius 3 is 2.50 bits per heavy atom. The number of carbonyl (C=O) groups is 2. The molecule has 0 saturated heterocycles. The number of ether oxygens (including phenoxy) is 1. The summed E-state index contributed by atoms with van der Waals surface area (Å²) in [7, 11) is 1.60. The van der Waals surface area contributed by atoms with Crippen LogP contribution in [0.2, 0.25) is 0 Å². The van der Waals surface area contributed by atoms with Crippen LogP contribution in [0.5, 0.6) is 5.75 Å². The molecule has 0 spiro atoms. The Morgan fingerprint density at radius 2 is 1.64 bits per heavy atom. The average molecular weight is 376 g/mol. The van der Waals surface area contributed by atoms with Crippen molar-refractivity contribution in [2.24, 2.45) is 0 Å². The van der Waals surface area contributed by atoms with Crippen molar-refractivity contribution in [2.75, 3.05) is 19.0 Å². The Kier molecular flexibility index (Phi) is 6.63. The van der Waals surface area contributed by atoms with Crippen LogP contribution in [0, 0.1) is 0 Å². The van der Waals surface area contributed by atoms with Gasteiger partial charge in [-0.1, -0.05) is 54.6 Å². The highest BCUT2D eigenvalue weighted by molar-refractivity contribution is 5.92. The van der Waals surface area contributed by atoms with E-state index in [1.54, 1.807) is 7.05 Å². The summed E-state index contributed by atoms with van der Waals surface area (Å²) in [6.45, 7) is 0.460. The molecule has 5 nitrogen and oxygen atoms in total. The fourth-order valence-electron chi connectivity index (χ4n) is 3.01. The lowest BCUT2D eigenvalue weighted by Crippen LogP contribution is -2.21. The second-order valence-electron chi connectivity index (χ2n) is 6.48. The number of fused-ring (bicyclic) bond motifs is 1. The number of hydrogen-bond acceptors (Lipinski definition) is 3. The van der Waals surface area contributed by atoms with E-state index in [1.807, 2.05) is 66.7 Å². The Balaban J connectivity index is 1.51. The predicted molar refractivity (Wildman–Crippen MR) is 112 cm³/mol. The third-order valence-electron chi connectivity index (χ3n) is 4.48. The van der Waals surface area contributed by atoms with Gasteiger partial charge < -0.3 is 15.4 Å². The van der Waals surface area contributed by atoms with Gasteiger partial charge >= 0.3 is 0 Å². The number of amides is 2. The molecule has 0 heterocycles. The summed E-state index contributed by atoms with van der Waals surface area (Å²) in [6.07, 6.45) is 1.18. The first-order valence-corrected chi connectivity index (χ1v) is 9.36. The number of benzene rings is 3. The van der Waals surface area contributed by atoms with Crippen molar-refractivity contribution in [3.05, 3.63) is 72.3 Å². The van der Waals surface area contributed by atoms with Crippen LogP contribution in [0.25, 0.3) is 10.8 Å². The third kappa shape index (κ3) is 5.10. The molecule has 0 atom stereocenters. The second-order valence-corrected chi connectivity index (χ2v) is 6.48. The summed E-state index contributed by atoms with van der Waals surface area (Å²) in [5, 5.41) is 7.69. The molecule has 0 saturated carbocycles. The lowest BCUT2D eigenvalue weighted by Gasteiger charge is -2.11. The molecule has 0 aliphatic heterocycles. The second kappa shape index (κ2) is 9.55. The lowest BCUT2D eigenvalue weighted by atomic mass is 10.1. The van der Waals surface area contributed by atoms with Crippen LogP contribution in [0.1, 0.15) is 18.4 Å². The van der Waals surface area contributed by atoms with Crippen LogP contribution < -0.4 is 15.4 Å². The number of likely N-dealkylation sites (N-methyl/N-ethyl adjacent to an activating group) is 1. The minimum absolute atomic E-state index is 0.0918. The van der Waals surface area contributed by atoms with Crippen LogP contribution in [-0.4, -0.2) is 25.5 Å². The number of carbonyl (C=O) groups excluding carboxylic acids is 2. The summed E-state index contributed by atoms with van der Waals surface area (Å²) in [4.78, 5) is 23.9. The summed E-state index contributed by atoms with van der Waals surface area (Å²) in [6, 6.07) is 21.4. The van der Waals surface area contributed by atoms with Crippen LogP contribution in [0.3, 0.4) is 0 Å². The van der Waals surface area contributed by atoms with E-state index in [0.29, 0.717) is 25.1 Å². The van der Waals surface area contributed by atoms with Gasteiger partial charge in [0.1, 0.15) is 5.75 Å². The molecule has 0 unspecified atom stereocenters. The van der Waals surface area contributed by atoms with E-state index >= 15 is 0 Å². The maximum Gasteiger partial charge on any atom is 0.224 e. The van der Waals surface area contributed by atoms with E-state index < -0.39 is 0 Å². The fraction of sp³-hybridized carbons (Fsp3) is 0.217. The topological polar surface area (TPSA) is 67.4 Å². The smallest absolute Gasteiger partial charge is 0.224 e. The van der Waals surface area contributed by atoms with Crippen LogP contribution >= 0.6 is 0 Å². The molecule has 0 fully saturated rings. The number of para-hydroxylation sites is 1. The Bertz CT molecular complexity index is 963. The fourth-order valence-corrected chi connectivity index (χ4v) is 3.01. The minimum atomic E-state index is -0.0924. The van der Waals surface area contributed by atoms with Crippen molar-refractivity contribution in [3.63, 3.8) is 0 Å². The quantitative estimate of drug-likeness (QED) is 0.586. The van der Waals surface area contributed by atoms with Gasteiger partial charge in [0.15, 0.2) is 0 Å². The van der Waals surface area contributed by atoms with Crippen molar-refractivity contribution in [2.45, 2.75) is 19.3 Å². The zero-order chi connectivity index (χ0) is 19.8. The summed E-state index contributed by atoms with van der Waals surface area (Å²) < 4.78 is 5.88. The molecule has 0 bridgehead atoms. The molecule has 5 heteroatoms. The van der Waals surface area contributed by atoms with Gasteiger partial charge in [0.2, 0.25) is 11.8 Å². The Morgan fingerprint density at radius 1 is 0.893 bits per heavy atom. The maximum absolute atomic E-state index is 12.3. The maximum atomic E-state index is 12.3. The summed E-state index contributed by atoms with van der Waals surface area (Å²) >= 11 is 0. The van der Waals surface area contributed by atoms with Gasteiger partial charge in [-0.25, -0.2) is 0 Å². The monoisotopic (exact) mass is 376 g/mol. The zero-order valence-corrected chi connectivity index (χ0v) is 15.9. The molecule has 3 aromatic rings. The van der Waals surface area contributed by atoms with Crippen molar-refractivity contribution in [1.82, 2.24) is 5.32 Å². The largest absolute Gasteiger partial charge is 0.493 e. The summed E-state index contributed by atoms with van der Waals surface area (Å²) in [5.41, 5.74) is 1.47. The molecule has 2 amide bonds. The first-order valence-electron chi connectivity index (χ1n) is 9.36. The third-order valence-corrected chi connectivity index (χ3v) is 4.48. The number of nitrogens with one attached hydrogen (secondary N) is 2. The van der Waals surface area contributed by atoms with Gasteiger partial charge in [-0.15, -0.1) is 0 Å². The first-order chi connectivity index (χ1) is 13.7. The van der Waals surface area contributed by atoms with Crippen LogP contribution in [0.4, 0.5) is 5.69 Å². The predicted octanol–water partition coefficient (Wildman–Crippen LogP) is 3.93. The molecule has 28 heavy (non-hydrogen) atoms. The SMILES string of the molecule is CNC(=O)Cc1ccccc1NC(=O)CCCOc1cccc2ccccc12. The van der Waals surface area contributed by atoms with E-state index in [-0.39, 0.29) is 18.2 Å². The molecule has 2 N–H and O–H groups in total. The van der Waals surface area contributed by atoms with Gasteiger partial charge in [0.25, 0.3) is 0 Å². The van der Waals surface area contributed by atoms with Gasteiger partial charge in [-0.05, 0) is 29.5 Å². The molecule has 0 aromatic heterocycles. The van der Waals surface area contributed by atoms with Crippen molar-refractivity contribution < 1.29 is 14.3 Å².